The van der Waals surface area contributed by atoms with Gasteiger partial charge in [-0.1, -0.05) is 30.3 Å². The molecule has 3 aromatic rings. The summed E-state index contributed by atoms with van der Waals surface area (Å²) in [5.41, 5.74) is 0.756. The molecule has 234 valence electrons. The Bertz CT molecular complexity index is 1600. The fraction of sp³-hybridized carbons (Fsp3) is 0.423. The maximum absolute atomic E-state index is 15.5. The Labute approximate surface area is 248 Å². The molecule has 0 radical (unpaired) electrons. The number of aromatic nitrogens is 2. The van der Waals surface area contributed by atoms with Gasteiger partial charge < -0.3 is 29.4 Å². The number of nitrogens with one attached hydrogen (secondary N) is 1. The van der Waals surface area contributed by atoms with Crippen LogP contribution in [0.1, 0.15) is 27.0 Å². The predicted molar refractivity (Wildman–Crippen MR) is 151 cm³/mol. The lowest BCUT2D eigenvalue weighted by atomic mass is 9.98. The number of aliphatic hydroxyl groups excluding tert-OH is 1. The van der Waals surface area contributed by atoms with Crippen molar-refractivity contribution >= 4 is 41.0 Å². The maximum Gasteiger partial charge on any atom is 0.351 e. The summed E-state index contributed by atoms with van der Waals surface area (Å²) in [6, 6.07) is 10.9. The van der Waals surface area contributed by atoms with Crippen LogP contribution in [0.25, 0.3) is 10.8 Å². The first-order valence-electron chi connectivity index (χ1n) is 12.9. The van der Waals surface area contributed by atoms with Crippen molar-refractivity contribution in [2.24, 2.45) is 0 Å². The van der Waals surface area contributed by atoms with Crippen LogP contribution < -0.4 is 21.0 Å². The minimum absolute atomic E-state index is 0.141. The normalized spacial score (nSPS) is 24.3. The van der Waals surface area contributed by atoms with E-state index in [-0.39, 0.29) is 5.75 Å². The van der Waals surface area contributed by atoms with Crippen molar-refractivity contribution in [1.82, 2.24) is 14.6 Å². The molecule has 4 rings (SSSR count). The quantitative estimate of drug-likeness (QED) is 0.159. The lowest BCUT2D eigenvalue weighted by Gasteiger charge is -2.33. The summed E-state index contributed by atoms with van der Waals surface area (Å²) in [5, 5.41) is 14.7. The molecular weight excluding hydrogens is 619 g/mol. The van der Waals surface area contributed by atoms with Crippen LogP contribution in [0.3, 0.4) is 0 Å². The molecular formula is C26H29F4N4O7PS. The third-order valence-electron chi connectivity index (χ3n) is 6.44. The van der Waals surface area contributed by atoms with Gasteiger partial charge in [-0.3, -0.25) is 9.36 Å². The lowest BCUT2D eigenvalue weighted by Crippen LogP contribution is -2.51. The molecule has 1 aliphatic heterocycles. The van der Waals surface area contributed by atoms with Crippen molar-refractivity contribution < 1.29 is 46.0 Å². The molecule has 0 amide bonds. The van der Waals surface area contributed by atoms with Gasteiger partial charge in [0, 0.05) is 0 Å². The van der Waals surface area contributed by atoms with Crippen LogP contribution >= 0.6 is 6.64 Å². The molecule has 43 heavy (non-hydrogen) atoms. The van der Waals surface area contributed by atoms with Crippen molar-refractivity contribution in [3.8, 4) is 5.75 Å². The van der Waals surface area contributed by atoms with E-state index in [4.69, 9.17) is 36.1 Å². The third kappa shape index (κ3) is 7.00. The van der Waals surface area contributed by atoms with Gasteiger partial charge in [-0.2, -0.15) is 4.98 Å². The number of nitrogen functional groups attached to an aromatic ring is 1. The van der Waals surface area contributed by atoms with Crippen molar-refractivity contribution in [3.05, 3.63) is 65.0 Å². The molecule has 0 aliphatic carbocycles. The van der Waals surface area contributed by atoms with Crippen LogP contribution in [0, 0.1) is 5.82 Å². The Morgan fingerprint density at radius 2 is 1.93 bits per heavy atom. The van der Waals surface area contributed by atoms with Crippen molar-refractivity contribution in [2.45, 2.75) is 63.4 Å². The van der Waals surface area contributed by atoms with Crippen molar-refractivity contribution in [1.29, 1.82) is 0 Å². The molecule has 0 bridgehead atoms. The Kier molecular flexibility index (Phi) is 9.79. The smallest absolute Gasteiger partial charge is 0.351 e. The molecule has 17 heteroatoms. The Hall–Kier alpha value is -3.14. The fourth-order valence-corrected chi connectivity index (χ4v) is 6.68. The van der Waals surface area contributed by atoms with Crippen LogP contribution in [-0.2, 0) is 30.6 Å². The second-order valence-corrected chi connectivity index (χ2v) is 13.2. The fourth-order valence-electron chi connectivity index (χ4n) is 4.27. The van der Waals surface area contributed by atoms with E-state index >= 15 is 4.39 Å². The predicted octanol–water partition coefficient (Wildman–Crippen LogP) is 3.60. The highest BCUT2D eigenvalue weighted by Gasteiger charge is 2.62. The number of nitrogens with zero attached hydrogens (tertiary/aromatic N) is 2. The molecule has 1 aliphatic rings. The average molecular weight is 649 g/mol. The molecule has 4 N–H and O–H groups in total. The number of carbonyl (C=O) groups excluding carboxylic acids is 1. The summed E-state index contributed by atoms with van der Waals surface area (Å²) in [5.74, 6) is -2.65. The number of anilines is 1. The van der Waals surface area contributed by atoms with Gasteiger partial charge in [0.1, 0.15) is 17.9 Å². The summed E-state index contributed by atoms with van der Waals surface area (Å²) in [6.45, 7) is -0.718. The zero-order valence-electron chi connectivity index (χ0n) is 23.0. The zero-order chi connectivity index (χ0) is 31.7. The number of fused-ring (bicyclic) bond motifs is 1. The van der Waals surface area contributed by atoms with Gasteiger partial charge >= 0.3 is 18.3 Å². The number of aliphatic hydroxyl groups is 1. The van der Waals surface area contributed by atoms with Crippen molar-refractivity contribution in [2.75, 3.05) is 12.3 Å². The van der Waals surface area contributed by atoms with E-state index in [1.807, 2.05) is 12.1 Å². The van der Waals surface area contributed by atoms with Crippen LogP contribution in [0.15, 0.2) is 53.5 Å². The molecule has 1 unspecified atom stereocenters. The summed E-state index contributed by atoms with van der Waals surface area (Å²) < 4.78 is 80.9. The number of hydrogen-bond donors (Lipinski definition) is 3. The van der Waals surface area contributed by atoms with Gasteiger partial charge in [-0.15, -0.1) is 0 Å². The topological polar surface area (TPSA) is 147 Å². The van der Waals surface area contributed by atoms with Gasteiger partial charge in [-0.25, -0.2) is 27.4 Å². The van der Waals surface area contributed by atoms with E-state index in [1.54, 1.807) is 38.1 Å². The van der Waals surface area contributed by atoms with E-state index in [0.717, 1.165) is 10.8 Å². The molecule has 2 heterocycles. The first kappa shape index (κ1) is 32.8. The Morgan fingerprint density at radius 3 is 2.58 bits per heavy atom. The molecule has 11 nitrogen and oxygen atoms in total. The molecule has 1 fully saturated rings. The van der Waals surface area contributed by atoms with Gasteiger partial charge in [0.05, 0.1) is 18.9 Å². The summed E-state index contributed by atoms with van der Waals surface area (Å²) >= 11 is 5.56. The standard InChI is InChI=1S/C26H29F4N4O7PS/c1-13(2)39-23(36)14(3)33-42(43,41-17-9-8-15-6-4-5-7-16(15)10-17)38-12-26(24(29)30)20(28)19(35)22(40-26)34-11-18(27)21(31)32-25(34)37/h4-11,13-14,19-20,22,24,35H,12H2,1-3H3,(H,33,43)(H2,31,32,37)/t14-,19+,20+,22+,26+,42?/m0/s1. The van der Waals surface area contributed by atoms with Gasteiger partial charge in [0.15, 0.2) is 29.6 Å². The molecule has 0 spiro atoms. The van der Waals surface area contributed by atoms with Gasteiger partial charge in [0.2, 0.25) is 0 Å². The van der Waals surface area contributed by atoms with Crippen LogP contribution in [0.5, 0.6) is 5.75 Å². The van der Waals surface area contributed by atoms with Gasteiger partial charge in [-0.05, 0) is 55.5 Å². The summed E-state index contributed by atoms with van der Waals surface area (Å²) in [7, 11) is 0. The van der Waals surface area contributed by atoms with E-state index in [2.05, 4.69) is 10.1 Å². The second-order valence-electron chi connectivity index (χ2n) is 10.0. The maximum atomic E-state index is 15.5. The number of ether oxygens (including phenoxy) is 2. The highest BCUT2D eigenvalue weighted by molar-refractivity contribution is 8.09. The van der Waals surface area contributed by atoms with E-state index in [9.17, 15) is 27.9 Å². The number of esters is 1. The number of carbonyl (C=O) groups is 1. The summed E-state index contributed by atoms with van der Waals surface area (Å²) in [6.07, 6.45) is -11.1. The Balaban J connectivity index is 1.66. The van der Waals surface area contributed by atoms with Crippen LogP contribution in [0.4, 0.5) is 23.4 Å². The number of rotatable bonds is 11. The van der Waals surface area contributed by atoms with Crippen molar-refractivity contribution in [3.63, 3.8) is 0 Å². The van der Waals surface area contributed by atoms with E-state index in [1.165, 1.54) is 13.0 Å². The molecule has 1 saturated heterocycles. The van der Waals surface area contributed by atoms with Crippen LogP contribution in [-0.4, -0.2) is 63.7 Å². The minimum Gasteiger partial charge on any atom is -0.462 e. The second kappa shape index (κ2) is 12.8. The first-order valence-corrected chi connectivity index (χ1v) is 15.5. The number of halogens is 4. The number of benzene rings is 2. The molecule has 0 saturated carbocycles. The highest BCUT2D eigenvalue weighted by Crippen LogP contribution is 2.50. The average Bonchev–Trinajstić information content (AvgIpc) is 3.19. The monoisotopic (exact) mass is 648 g/mol. The third-order valence-corrected chi connectivity index (χ3v) is 8.92. The largest absolute Gasteiger partial charge is 0.462 e. The minimum atomic E-state index is -4.01. The number of hydrogen-bond acceptors (Lipinski definition) is 10. The SMILES string of the molecule is CC(C)OC(=O)[C@H](C)NP(=S)(OC[C@@]1(C(F)F)O[C@@H](n2cc(F)c(N)nc2=O)[C@H](O)[C@H]1F)Oc1ccc2ccccc2c1. The highest BCUT2D eigenvalue weighted by atomic mass is 32.5. The van der Waals surface area contributed by atoms with Crippen LogP contribution in [0.2, 0.25) is 0 Å². The lowest BCUT2D eigenvalue weighted by molar-refractivity contribution is -0.182. The molecule has 6 atom stereocenters. The number of alkyl halides is 3. The van der Waals surface area contributed by atoms with Gasteiger partial charge in [0.25, 0.3) is 6.43 Å². The number of nitrogens with two attached hydrogens (primary N) is 1. The Morgan fingerprint density at radius 1 is 1.26 bits per heavy atom. The van der Waals surface area contributed by atoms with E-state index < -0.39 is 79.2 Å². The van der Waals surface area contributed by atoms with E-state index in [0.29, 0.717) is 10.8 Å². The summed E-state index contributed by atoms with van der Waals surface area (Å²) in [4.78, 5) is 28.0. The molecule has 1 aromatic heterocycles. The molecule has 2 aromatic carbocycles. The zero-order valence-corrected chi connectivity index (χ0v) is 24.7. The first-order chi connectivity index (χ1) is 20.2.